The molecule has 7 heteroatoms. The lowest BCUT2D eigenvalue weighted by molar-refractivity contribution is -0.147. The number of nitrogens with one attached hydrogen (secondary N) is 1. The lowest BCUT2D eigenvalue weighted by Crippen LogP contribution is -2.52. The number of carbonyl (C=O) groups excluding carboxylic acids is 1. The van der Waals surface area contributed by atoms with Gasteiger partial charge in [0.2, 0.25) is 17.7 Å². The van der Waals surface area contributed by atoms with Gasteiger partial charge in [-0.1, -0.05) is 31.0 Å². The van der Waals surface area contributed by atoms with E-state index in [4.69, 9.17) is 4.42 Å². The van der Waals surface area contributed by atoms with E-state index in [2.05, 4.69) is 15.5 Å². The summed E-state index contributed by atoms with van der Waals surface area (Å²) in [4.78, 5) is 23.5. The largest absolute Gasteiger partial charge is 0.480 e. The van der Waals surface area contributed by atoms with E-state index < -0.39 is 11.5 Å². The van der Waals surface area contributed by atoms with Crippen molar-refractivity contribution in [2.45, 2.75) is 44.1 Å². The first-order chi connectivity index (χ1) is 11.6. The molecule has 0 aliphatic heterocycles. The number of carboxylic acid groups (broad SMARTS) is 1. The minimum absolute atomic E-state index is 0.117. The van der Waals surface area contributed by atoms with Crippen LogP contribution in [0.5, 0.6) is 0 Å². The number of aromatic nitrogens is 2. The van der Waals surface area contributed by atoms with E-state index in [1.54, 1.807) is 0 Å². The molecule has 1 amide bonds. The van der Waals surface area contributed by atoms with Gasteiger partial charge in [-0.2, -0.15) is 0 Å². The van der Waals surface area contributed by atoms with Crippen LogP contribution in [0.3, 0.4) is 0 Å². The van der Waals surface area contributed by atoms with Crippen LogP contribution < -0.4 is 5.32 Å². The van der Waals surface area contributed by atoms with Gasteiger partial charge in [0.1, 0.15) is 5.54 Å². The molecular formula is C17H19N3O4. The fourth-order valence-electron chi connectivity index (χ4n) is 2.97. The third-order valence-corrected chi connectivity index (χ3v) is 4.30. The number of hydrogen-bond acceptors (Lipinski definition) is 5. The highest BCUT2D eigenvalue weighted by Gasteiger charge is 2.42. The third kappa shape index (κ3) is 3.45. The molecule has 3 rings (SSSR count). The Morgan fingerprint density at radius 2 is 1.88 bits per heavy atom. The maximum atomic E-state index is 12.1. The fourth-order valence-corrected chi connectivity index (χ4v) is 2.97. The van der Waals surface area contributed by atoms with E-state index in [0.717, 1.165) is 18.4 Å². The summed E-state index contributed by atoms with van der Waals surface area (Å²) >= 11 is 0. The highest BCUT2D eigenvalue weighted by atomic mass is 16.4. The van der Waals surface area contributed by atoms with E-state index in [1.165, 1.54) is 0 Å². The van der Waals surface area contributed by atoms with Crippen LogP contribution in [-0.2, 0) is 16.0 Å². The molecule has 0 bridgehead atoms. The molecule has 1 fully saturated rings. The van der Waals surface area contributed by atoms with Crippen LogP contribution in [0.1, 0.15) is 38.0 Å². The minimum atomic E-state index is -1.11. The Kier molecular flexibility index (Phi) is 4.59. The van der Waals surface area contributed by atoms with Crippen molar-refractivity contribution in [1.29, 1.82) is 0 Å². The van der Waals surface area contributed by atoms with Gasteiger partial charge in [-0.15, -0.1) is 10.2 Å². The Morgan fingerprint density at radius 1 is 1.17 bits per heavy atom. The van der Waals surface area contributed by atoms with Crippen LogP contribution >= 0.6 is 0 Å². The summed E-state index contributed by atoms with van der Waals surface area (Å²) in [6.07, 6.45) is 2.99. The number of hydrogen-bond donors (Lipinski definition) is 2. The highest BCUT2D eigenvalue weighted by molar-refractivity contribution is 5.87. The van der Waals surface area contributed by atoms with E-state index in [9.17, 15) is 14.7 Å². The number of carbonyl (C=O) groups is 2. The number of nitrogens with zero attached hydrogens (tertiary/aromatic N) is 2. The van der Waals surface area contributed by atoms with Crippen molar-refractivity contribution in [1.82, 2.24) is 15.5 Å². The van der Waals surface area contributed by atoms with E-state index in [-0.39, 0.29) is 18.7 Å². The molecule has 2 aromatic rings. The molecular weight excluding hydrogens is 310 g/mol. The summed E-state index contributed by atoms with van der Waals surface area (Å²) in [5.41, 5.74) is -0.294. The van der Waals surface area contributed by atoms with Crippen LogP contribution in [0.15, 0.2) is 34.7 Å². The van der Waals surface area contributed by atoms with Crippen LogP contribution in [0, 0.1) is 0 Å². The summed E-state index contributed by atoms with van der Waals surface area (Å²) in [7, 11) is 0. The van der Waals surface area contributed by atoms with Crippen LogP contribution in [0.2, 0.25) is 0 Å². The number of aliphatic carboxylic acids is 1. The molecule has 7 nitrogen and oxygen atoms in total. The normalized spacial score (nSPS) is 16.0. The van der Waals surface area contributed by atoms with Gasteiger partial charge >= 0.3 is 5.97 Å². The molecule has 1 aromatic carbocycles. The number of aryl methyl sites for hydroxylation is 1. The van der Waals surface area contributed by atoms with Crippen LogP contribution in [0.4, 0.5) is 0 Å². The number of benzene rings is 1. The third-order valence-electron chi connectivity index (χ3n) is 4.30. The van der Waals surface area contributed by atoms with E-state index in [1.807, 2.05) is 30.3 Å². The molecule has 0 spiro atoms. The SMILES string of the molecule is O=C(CCc1nnc(-c2ccccc2)o1)NC1(C(=O)O)CCCC1. The Labute approximate surface area is 139 Å². The average Bonchev–Trinajstić information content (AvgIpc) is 3.24. The molecule has 1 aliphatic rings. The highest BCUT2D eigenvalue weighted by Crippen LogP contribution is 2.30. The van der Waals surface area contributed by atoms with Crippen LogP contribution in [-0.4, -0.2) is 32.7 Å². The predicted octanol–water partition coefficient (Wildman–Crippen LogP) is 2.18. The minimum Gasteiger partial charge on any atom is -0.480 e. The monoisotopic (exact) mass is 329 g/mol. The molecule has 24 heavy (non-hydrogen) atoms. The number of amides is 1. The first-order valence-corrected chi connectivity index (χ1v) is 8.01. The second kappa shape index (κ2) is 6.82. The van der Waals surface area contributed by atoms with Gasteiger partial charge in [0.25, 0.3) is 0 Å². The van der Waals surface area contributed by atoms with Crippen molar-refractivity contribution in [3.8, 4) is 11.5 Å². The van der Waals surface area contributed by atoms with Crippen molar-refractivity contribution < 1.29 is 19.1 Å². The van der Waals surface area contributed by atoms with Crippen molar-refractivity contribution in [3.63, 3.8) is 0 Å². The lowest BCUT2D eigenvalue weighted by Gasteiger charge is -2.25. The van der Waals surface area contributed by atoms with Crippen molar-refractivity contribution in [3.05, 3.63) is 36.2 Å². The van der Waals surface area contributed by atoms with E-state index in [0.29, 0.717) is 24.6 Å². The first-order valence-electron chi connectivity index (χ1n) is 8.01. The molecule has 0 saturated heterocycles. The van der Waals surface area contributed by atoms with Crippen molar-refractivity contribution in [2.75, 3.05) is 0 Å². The second-order valence-corrected chi connectivity index (χ2v) is 6.01. The summed E-state index contributed by atoms with van der Waals surface area (Å²) < 4.78 is 5.54. The quantitative estimate of drug-likeness (QED) is 0.841. The van der Waals surface area contributed by atoms with Gasteiger partial charge in [-0.05, 0) is 25.0 Å². The maximum Gasteiger partial charge on any atom is 0.329 e. The van der Waals surface area contributed by atoms with Gasteiger partial charge in [0.15, 0.2) is 0 Å². The molecule has 0 atom stereocenters. The zero-order valence-corrected chi connectivity index (χ0v) is 13.2. The number of rotatable bonds is 6. The maximum absolute atomic E-state index is 12.1. The smallest absolute Gasteiger partial charge is 0.329 e. The number of carboxylic acids is 1. The molecule has 0 unspecified atom stereocenters. The Balaban J connectivity index is 1.57. The molecule has 1 aliphatic carbocycles. The fraction of sp³-hybridized carbons (Fsp3) is 0.412. The van der Waals surface area contributed by atoms with Gasteiger partial charge in [-0.3, -0.25) is 4.79 Å². The standard InChI is InChI=1S/C17H19N3O4/c21-13(18-17(16(22)23)10-4-5-11-17)8-9-14-19-20-15(24-14)12-6-2-1-3-7-12/h1-3,6-7H,4-5,8-11H2,(H,18,21)(H,22,23). The molecule has 1 aromatic heterocycles. The molecule has 1 heterocycles. The average molecular weight is 329 g/mol. The van der Waals surface area contributed by atoms with Gasteiger partial charge in [-0.25, -0.2) is 4.79 Å². The summed E-state index contributed by atoms with van der Waals surface area (Å²) in [5.74, 6) is -0.500. The molecule has 0 radical (unpaired) electrons. The van der Waals surface area contributed by atoms with Gasteiger partial charge in [0.05, 0.1) is 0 Å². The molecule has 1 saturated carbocycles. The lowest BCUT2D eigenvalue weighted by atomic mass is 9.97. The Bertz CT molecular complexity index is 720. The zero-order chi connectivity index (χ0) is 17.0. The van der Waals surface area contributed by atoms with Crippen molar-refractivity contribution in [2.24, 2.45) is 0 Å². The second-order valence-electron chi connectivity index (χ2n) is 6.01. The molecule has 126 valence electrons. The first kappa shape index (κ1) is 16.2. The molecule has 2 N–H and O–H groups in total. The Hall–Kier alpha value is -2.70. The van der Waals surface area contributed by atoms with Crippen LogP contribution in [0.25, 0.3) is 11.5 Å². The predicted molar refractivity (Wildman–Crippen MR) is 85.0 cm³/mol. The zero-order valence-electron chi connectivity index (χ0n) is 13.2. The van der Waals surface area contributed by atoms with Gasteiger partial charge in [0, 0.05) is 18.4 Å². The van der Waals surface area contributed by atoms with Gasteiger partial charge < -0.3 is 14.8 Å². The summed E-state index contributed by atoms with van der Waals surface area (Å²) in [5, 5.41) is 19.9. The summed E-state index contributed by atoms with van der Waals surface area (Å²) in [6.45, 7) is 0. The van der Waals surface area contributed by atoms with Crippen molar-refractivity contribution >= 4 is 11.9 Å². The summed E-state index contributed by atoms with van der Waals surface area (Å²) in [6, 6.07) is 9.37. The van der Waals surface area contributed by atoms with E-state index >= 15 is 0 Å². The Morgan fingerprint density at radius 3 is 2.54 bits per heavy atom. The topological polar surface area (TPSA) is 105 Å².